The van der Waals surface area contributed by atoms with E-state index in [4.69, 9.17) is 4.52 Å². The molecule has 0 amide bonds. The van der Waals surface area contributed by atoms with Crippen molar-refractivity contribution in [3.63, 3.8) is 0 Å². The van der Waals surface area contributed by atoms with Gasteiger partial charge >= 0.3 is 0 Å². The molecule has 4 rings (SSSR count). The summed E-state index contributed by atoms with van der Waals surface area (Å²) in [6.07, 6.45) is 2.09. The molecule has 0 spiro atoms. The van der Waals surface area contributed by atoms with Crippen LogP contribution < -0.4 is 0 Å². The number of fused-ring (bicyclic) bond motifs is 2. The Labute approximate surface area is 133 Å². The summed E-state index contributed by atoms with van der Waals surface area (Å²) < 4.78 is 5.48. The Bertz CT molecular complexity index is 987. The smallest absolute Gasteiger partial charge is 0.168 e. The third kappa shape index (κ3) is 2.09. The molecule has 22 heavy (non-hydrogen) atoms. The summed E-state index contributed by atoms with van der Waals surface area (Å²) in [5.41, 5.74) is 4.17. The van der Waals surface area contributed by atoms with Crippen molar-refractivity contribution in [2.45, 2.75) is 11.8 Å². The van der Waals surface area contributed by atoms with E-state index in [2.05, 4.69) is 66.0 Å². The monoisotopic (exact) mass is 305 g/mol. The maximum absolute atomic E-state index is 5.48. The molecule has 1 heterocycles. The minimum Gasteiger partial charge on any atom is -0.356 e. The second-order valence-corrected chi connectivity index (χ2v) is 6.23. The number of hydrogen-bond acceptors (Lipinski definition) is 3. The molecule has 0 N–H and O–H groups in total. The van der Waals surface area contributed by atoms with Crippen molar-refractivity contribution >= 4 is 33.5 Å². The van der Waals surface area contributed by atoms with E-state index in [-0.39, 0.29) is 0 Å². The summed E-state index contributed by atoms with van der Waals surface area (Å²) in [5, 5.41) is 7.73. The van der Waals surface area contributed by atoms with E-state index in [1.807, 2.05) is 6.92 Å². The Morgan fingerprint density at radius 2 is 1.73 bits per heavy atom. The molecule has 3 heteroatoms. The van der Waals surface area contributed by atoms with Crippen LogP contribution in [0.2, 0.25) is 0 Å². The minimum atomic E-state index is 0.854. The van der Waals surface area contributed by atoms with Crippen LogP contribution in [-0.2, 0) is 0 Å². The van der Waals surface area contributed by atoms with Crippen molar-refractivity contribution in [2.75, 3.05) is 6.26 Å². The fourth-order valence-electron chi connectivity index (χ4n) is 2.88. The molecule has 0 saturated heterocycles. The van der Waals surface area contributed by atoms with Crippen molar-refractivity contribution in [3.8, 4) is 11.1 Å². The van der Waals surface area contributed by atoms with E-state index in [0.717, 1.165) is 16.7 Å². The first-order chi connectivity index (χ1) is 10.8. The zero-order chi connectivity index (χ0) is 15.1. The first-order valence-corrected chi connectivity index (χ1v) is 8.42. The number of nitrogens with zero attached hydrogens (tertiary/aromatic N) is 1. The Hall–Kier alpha value is -2.26. The molecule has 0 radical (unpaired) electrons. The summed E-state index contributed by atoms with van der Waals surface area (Å²) in [7, 11) is 0. The van der Waals surface area contributed by atoms with Gasteiger partial charge in [-0.15, -0.1) is 11.8 Å². The van der Waals surface area contributed by atoms with Crippen LogP contribution in [0, 0.1) is 6.92 Å². The molecule has 108 valence electrons. The molecule has 0 fully saturated rings. The first-order valence-electron chi connectivity index (χ1n) is 7.19. The molecule has 1 aromatic heterocycles. The van der Waals surface area contributed by atoms with Crippen molar-refractivity contribution in [3.05, 3.63) is 60.3 Å². The van der Waals surface area contributed by atoms with Crippen molar-refractivity contribution in [2.24, 2.45) is 0 Å². The first kappa shape index (κ1) is 13.4. The molecule has 0 saturated carbocycles. The van der Waals surface area contributed by atoms with Gasteiger partial charge in [0.05, 0.1) is 11.1 Å². The van der Waals surface area contributed by atoms with E-state index in [1.54, 1.807) is 11.8 Å². The molecule has 0 aliphatic rings. The van der Waals surface area contributed by atoms with E-state index in [0.29, 0.717) is 0 Å². The van der Waals surface area contributed by atoms with Crippen molar-refractivity contribution in [1.82, 2.24) is 5.16 Å². The van der Waals surface area contributed by atoms with Gasteiger partial charge in [-0.05, 0) is 53.3 Å². The van der Waals surface area contributed by atoms with Gasteiger partial charge in [0.2, 0.25) is 0 Å². The molecule has 0 aliphatic carbocycles. The minimum absolute atomic E-state index is 0.854. The average molecular weight is 305 g/mol. The molecule has 0 bridgehead atoms. The van der Waals surface area contributed by atoms with Crippen LogP contribution in [0.3, 0.4) is 0 Å². The van der Waals surface area contributed by atoms with Crippen LogP contribution in [0.15, 0.2) is 64.0 Å². The average Bonchev–Trinajstić information content (AvgIpc) is 2.95. The molecule has 0 atom stereocenters. The Morgan fingerprint density at radius 3 is 2.55 bits per heavy atom. The predicted octanol–water partition coefficient (Wildman–Crippen LogP) is 5.68. The summed E-state index contributed by atoms with van der Waals surface area (Å²) in [4.78, 5) is 1.21. The number of benzene rings is 3. The van der Waals surface area contributed by atoms with E-state index >= 15 is 0 Å². The highest BCUT2D eigenvalue weighted by atomic mass is 32.2. The standard InChI is InChI=1S/C19H15NOS/c1-12-19-17(21-20-12)10-16(11-18(19)22-2)15-8-7-13-5-3-4-6-14(13)9-15/h3-11H,1-2H3. The molecule has 2 nitrogen and oxygen atoms in total. The number of thioether (sulfide) groups is 1. The van der Waals surface area contributed by atoms with Gasteiger partial charge in [-0.1, -0.05) is 41.6 Å². The molecule has 0 aliphatic heterocycles. The molecule has 0 unspecified atom stereocenters. The third-order valence-corrected chi connectivity index (χ3v) is 4.77. The van der Waals surface area contributed by atoms with Crippen molar-refractivity contribution in [1.29, 1.82) is 0 Å². The highest BCUT2D eigenvalue weighted by molar-refractivity contribution is 7.98. The fourth-order valence-corrected chi connectivity index (χ4v) is 3.58. The molecular formula is C19H15NOS. The largest absolute Gasteiger partial charge is 0.356 e. The topological polar surface area (TPSA) is 26.0 Å². The quantitative estimate of drug-likeness (QED) is 0.446. The predicted molar refractivity (Wildman–Crippen MR) is 93.5 cm³/mol. The van der Waals surface area contributed by atoms with Crippen LogP contribution in [-0.4, -0.2) is 11.4 Å². The van der Waals surface area contributed by atoms with Gasteiger partial charge in [0, 0.05) is 4.90 Å². The van der Waals surface area contributed by atoms with Gasteiger partial charge in [0.25, 0.3) is 0 Å². The maximum Gasteiger partial charge on any atom is 0.168 e. The van der Waals surface area contributed by atoms with Gasteiger partial charge in [0.1, 0.15) is 0 Å². The molecule has 3 aromatic carbocycles. The molecular weight excluding hydrogens is 290 g/mol. The Balaban J connectivity index is 1.95. The Kier molecular flexibility index (Phi) is 3.16. The van der Waals surface area contributed by atoms with Gasteiger partial charge in [-0.3, -0.25) is 0 Å². The van der Waals surface area contributed by atoms with Crippen LogP contribution in [0.4, 0.5) is 0 Å². The SMILES string of the molecule is CSc1cc(-c2ccc3ccccc3c2)cc2onc(C)c12. The lowest BCUT2D eigenvalue weighted by atomic mass is 10.0. The maximum atomic E-state index is 5.48. The van der Waals surface area contributed by atoms with Crippen molar-refractivity contribution < 1.29 is 4.52 Å². The lowest BCUT2D eigenvalue weighted by Gasteiger charge is -2.07. The van der Waals surface area contributed by atoms with E-state index in [1.165, 1.54) is 26.8 Å². The second kappa shape index (κ2) is 5.18. The zero-order valence-electron chi connectivity index (χ0n) is 12.5. The highest BCUT2D eigenvalue weighted by Crippen LogP contribution is 2.35. The number of hydrogen-bond donors (Lipinski definition) is 0. The summed E-state index contributed by atoms with van der Waals surface area (Å²) >= 11 is 1.73. The van der Waals surface area contributed by atoms with Crippen LogP contribution >= 0.6 is 11.8 Å². The van der Waals surface area contributed by atoms with Crippen LogP contribution in [0.1, 0.15) is 5.69 Å². The van der Waals surface area contributed by atoms with Crippen LogP contribution in [0.25, 0.3) is 32.9 Å². The lowest BCUT2D eigenvalue weighted by Crippen LogP contribution is -1.83. The normalized spacial score (nSPS) is 11.4. The molecule has 4 aromatic rings. The zero-order valence-corrected chi connectivity index (χ0v) is 13.3. The third-order valence-electron chi connectivity index (χ3n) is 4.01. The van der Waals surface area contributed by atoms with Gasteiger partial charge < -0.3 is 4.52 Å². The number of aryl methyl sites for hydroxylation is 1. The van der Waals surface area contributed by atoms with E-state index in [9.17, 15) is 0 Å². The van der Waals surface area contributed by atoms with E-state index < -0.39 is 0 Å². The summed E-state index contributed by atoms with van der Waals surface area (Å²) in [6, 6.07) is 19.3. The fraction of sp³-hybridized carbons (Fsp3) is 0.105. The van der Waals surface area contributed by atoms with Gasteiger partial charge in [0.15, 0.2) is 5.58 Å². The van der Waals surface area contributed by atoms with Crippen LogP contribution in [0.5, 0.6) is 0 Å². The number of rotatable bonds is 2. The number of aromatic nitrogens is 1. The Morgan fingerprint density at radius 1 is 0.909 bits per heavy atom. The van der Waals surface area contributed by atoms with Gasteiger partial charge in [-0.2, -0.15) is 0 Å². The second-order valence-electron chi connectivity index (χ2n) is 5.38. The summed E-state index contributed by atoms with van der Waals surface area (Å²) in [6.45, 7) is 1.99. The summed E-state index contributed by atoms with van der Waals surface area (Å²) in [5.74, 6) is 0. The lowest BCUT2D eigenvalue weighted by molar-refractivity contribution is 0.450. The highest BCUT2D eigenvalue weighted by Gasteiger charge is 2.12. The van der Waals surface area contributed by atoms with Gasteiger partial charge in [-0.25, -0.2) is 0 Å².